The van der Waals surface area contributed by atoms with Gasteiger partial charge in [-0.25, -0.2) is 0 Å². The van der Waals surface area contributed by atoms with E-state index >= 15 is 0 Å². The van der Waals surface area contributed by atoms with Gasteiger partial charge in [-0.05, 0) is 19.4 Å². The van der Waals surface area contributed by atoms with Crippen molar-refractivity contribution in [1.82, 2.24) is 4.90 Å². The van der Waals surface area contributed by atoms with Crippen molar-refractivity contribution < 1.29 is 14.3 Å². The number of ketones is 1. The second kappa shape index (κ2) is 10.1. The molecule has 106 valence electrons. The number of hydrogen-bond donors (Lipinski definition) is 0. The molecule has 0 aromatic carbocycles. The van der Waals surface area contributed by atoms with Gasteiger partial charge in [0.2, 0.25) is 0 Å². The summed E-state index contributed by atoms with van der Waals surface area (Å²) >= 11 is 0. The minimum absolute atomic E-state index is 0.119. The summed E-state index contributed by atoms with van der Waals surface area (Å²) in [5.41, 5.74) is 0. The quantitative estimate of drug-likeness (QED) is 0.563. The number of carbonyl (C=O) groups is 2. The Morgan fingerprint density at radius 2 is 1.83 bits per heavy atom. The molecular formula is C14H27NO3. The molecule has 0 aromatic heterocycles. The largest absolute Gasteiger partial charge is 0.466 e. The summed E-state index contributed by atoms with van der Waals surface area (Å²) in [5, 5.41) is 0. The Kier molecular flexibility index (Phi) is 9.56. The van der Waals surface area contributed by atoms with Crippen LogP contribution in [0.2, 0.25) is 0 Å². The average molecular weight is 257 g/mol. The molecule has 0 aromatic rings. The molecule has 0 aliphatic carbocycles. The molecule has 0 aliphatic rings. The van der Waals surface area contributed by atoms with Gasteiger partial charge in [0.25, 0.3) is 0 Å². The van der Waals surface area contributed by atoms with Crippen LogP contribution in [0.3, 0.4) is 0 Å². The van der Waals surface area contributed by atoms with Crippen molar-refractivity contribution in [3.8, 4) is 0 Å². The molecule has 1 atom stereocenters. The molecule has 0 N–H and O–H groups in total. The molecular weight excluding hydrogens is 230 g/mol. The smallest absolute Gasteiger partial charge is 0.306 e. The SMILES string of the molecule is CCOC(=O)CCC(=O)CN(CC)CC(C)CC. The maximum absolute atomic E-state index is 11.7. The van der Waals surface area contributed by atoms with Gasteiger partial charge in [0.05, 0.1) is 19.6 Å². The molecule has 0 spiro atoms. The fraction of sp³-hybridized carbons (Fsp3) is 0.857. The van der Waals surface area contributed by atoms with Crippen LogP contribution >= 0.6 is 0 Å². The molecule has 0 heterocycles. The maximum atomic E-state index is 11.7. The minimum Gasteiger partial charge on any atom is -0.466 e. The lowest BCUT2D eigenvalue weighted by Gasteiger charge is -2.22. The van der Waals surface area contributed by atoms with Crippen LogP contribution in [0.15, 0.2) is 0 Å². The van der Waals surface area contributed by atoms with Crippen molar-refractivity contribution >= 4 is 11.8 Å². The lowest BCUT2D eigenvalue weighted by Crippen LogP contribution is -2.33. The first kappa shape index (κ1) is 17.1. The number of hydrogen-bond acceptors (Lipinski definition) is 4. The normalized spacial score (nSPS) is 12.5. The first-order chi connectivity index (χ1) is 8.53. The molecule has 0 saturated carbocycles. The monoisotopic (exact) mass is 257 g/mol. The van der Waals surface area contributed by atoms with E-state index in [-0.39, 0.29) is 24.6 Å². The highest BCUT2D eigenvalue weighted by Crippen LogP contribution is 2.05. The molecule has 0 fully saturated rings. The minimum atomic E-state index is -0.282. The summed E-state index contributed by atoms with van der Waals surface area (Å²) in [6.45, 7) is 10.8. The Balaban J connectivity index is 3.93. The van der Waals surface area contributed by atoms with Gasteiger partial charge in [-0.1, -0.05) is 27.2 Å². The maximum Gasteiger partial charge on any atom is 0.306 e. The van der Waals surface area contributed by atoms with E-state index in [2.05, 4.69) is 25.7 Å². The van der Waals surface area contributed by atoms with Gasteiger partial charge in [0, 0.05) is 13.0 Å². The predicted molar refractivity (Wildman–Crippen MR) is 72.4 cm³/mol. The Hall–Kier alpha value is -0.900. The summed E-state index contributed by atoms with van der Waals surface area (Å²) in [5.74, 6) is 0.437. The lowest BCUT2D eigenvalue weighted by molar-refractivity contribution is -0.144. The Morgan fingerprint density at radius 1 is 1.17 bits per heavy atom. The van der Waals surface area contributed by atoms with Gasteiger partial charge in [0.1, 0.15) is 5.78 Å². The van der Waals surface area contributed by atoms with E-state index in [1.54, 1.807) is 6.92 Å². The van der Waals surface area contributed by atoms with E-state index in [1.165, 1.54) is 0 Å². The van der Waals surface area contributed by atoms with Crippen molar-refractivity contribution in [3.05, 3.63) is 0 Å². The third-order valence-corrected chi connectivity index (χ3v) is 3.03. The van der Waals surface area contributed by atoms with Crippen LogP contribution in [0.5, 0.6) is 0 Å². The van der Waals surface area contributed by atoms with Crippen LogP contribution < -0.4 is 0 Å². The highest BCUT2D eigenvalue weighted by molar-refractivity contribution is 5.84. The van der Waals surface area contributed by atoms with Gasteiger partial charge < -0.3 is 4.74 Å². The molecule has 1 unspecified atom stereocenters. The van der Waals surface area contributed by atoms with Crippen LogP contribution in [-0.4, -0.2) is 42.9 Å². The molecule has 0 bridgehead atoms. The summed E-state index contributed by atoms with van der Waals surface area (Å²) in [4.78, 5) is 25.0. The van der Waals surface area contributed by atoms with Crippen LogP contribution in [-0.2, 0) is 14.3 Å². The van der Waals surface area contributed by atoms with Gasteiger partial charge >= 0.3 is 5.97 Å². The third kappa shape index (κ3) is 8.23. The molecule has 0 radical (unpaired) electrons. The Labute approximate surface area is 111 Å². The molecule has 0 amide bonds. The van der Waals surface area contributed by atoms with Crippen LogP contribution in [0.25, 0.3) is 0 Å². The predicted octanol–water partition coefficient (Wildman–Crippen LogP) is 2.27. The standard InChI is InChI=1S/C14H27NO3/c1-5-12(4)10-15(6-2)11-13(16)8-9-14(17)18-7-3/h12H,5-11H2,1-4H3. The highest BCUT2D eigenvalue weighted by Gasteiger charge is 2.13. The number of likely N-dealkylation sites (N-methyl/N-ethyl adjacent to an activating group) is 1. The lowest BCUT2D eigenvalue weighted by atomic mass is 10.1. The Bertz CT molecular complexity index is 253. The molecule has 0 saturated heterocycles. The van der Waals surface area contributed by atoms with Crippen LogP contribution in [0, 0.1) is 5.92 Å². The van der Waals surface area contributed by atoms with Crippen molar-refractivity contribution in [2.24, 2.45) is 5.92 Å². The van der Waals surface area contributed by atoms with Gasteiger partial charge in [-0.15, -0.1) is 0 Å². The average Bonchev–Trinajstić information content (AvgIpc) is 2.35. The molecule has 4 heteroatoms. The van der Waals surface area contributed by atoms with Crippen molar-refractivity contribution in [3.63, 3.8) is 0 Å². The number of nitrogens with zero attached hydrogens (tertiary/aromatic N) is 1. The van der Waals surface area contributed by atoms with Gasteiger partial charge in [0.15, 0.2) is 0 Å². The fourth-order valence-corrected chi connectivity index (χ4v) is 1.68. The number of rotatable bonds is 10. The summed E-state index contributed by atoms with van der Waals surface area (Å²) in [6, 6.07) is 0. The summed E-state index contributed by atoms with van der Waals surface area (Å²) < 4.78 is 4.80. The zero-order valence-electron chi connectivity index (χ0n) is 12.2. The molecule has 18 heavy (non-hydrogen) atoms. The van der Waals surface area contributed by atoms with Crippen molar-refractivity contribution in [1.29, 1.82) is 0 Å². The van der Waals surface area contributed by atoms with Crippen LogP contribution in [0.1, 0.15) is 47.0 Å². The molecule has 0 aliphatic heterocycles. The third-order valence-electron chi connectivity index (χ3n) is 3.03. The van der Waals surface area contributed by atoms with E-state index in [1.807, 2.05) is 0 Å². The van der Waals surface area contributed by atoms with Crippen molar-refractivity contribution in [2.45, 2.75) is 47.0 Å². The first-order valence-corrected chi connectivity index (χ1v) is 6.93. The van der Waals surface area contributed by atoms with E-state index in [0.29, 0.717) is 19.1 Å². The fourth-order valence-electron chi connectivity index (χ4n) is 1.68. The highest BCUT2D eigenvalue weighted by atomic mass is 16.5. The van der Waals surface area contributed by atoms with E-state index < -0.39 is 0 Å². The van der Waals surface area contributed by atoms with E-state index in [4.69, 9.17) is 4.74 Å². The zero-order chi connectivity index (χ0) is 14.0. The van der Waals surface area contributed by atoms with Crippen molar-refractivity contribution in [2.75, 3.05) is 26.2 Å². The topological polar surface area (TPSA) is 46.6 Å². The van der Waals surface area contributed by atoms with Gasteiger partial charge in [-0.2, -0.15) is 0 Å². The zero-order valence-corrected chi connectivity index (χ0v) is 12.2. The number of Topliss-reactive ketones (excluding diaryl/α,β-unsaturated/α-hetero) is 1. The molecule has 4 nitrogen and oxygen atoms in total. The van der Waals surface area contributed by atoms with E-state index in [9.17, 15) is 9.59 Å². The molecule has 0 rings (SSSR count). The van der Waals surface area contributed by atoms with E-state index in [0.717, 1.165) is 19.5 Å². The Morgan fingerprint density at radius 3 is 2.33 bits per heavy atom. The number of esters is 1. The second-order valence-corrected chi connectivity index (χ2v) is 4.68. The summed E-state index contributed by atoms with van der Waals surface area (Å²) in [7, 11) is 0. The van der Waals surface area contributed by atoms with Crippen LogP contribution in [0.4, 0.5) is 0 Å². The number of ether oxygens (including phenoxy) is 1. The summed E-state index contributed by atoms with van der Waals surface area (Å²) in [6.07, 6.45) is 1.61. The number of carbonyl (C=O) groups excluding carboxylic acids is 2. The first-order valence-electron chi connectivity index (χ1n) is 6.93. The van der Waals surface area contributed by atoms with Gasteiger partial charge in [-0.3, -0.25) is 14.5 Å². The second-order valence-electron chi connectivity index (χ2n) is 4.68.